The summed E-state index contributed by atoms with van der Waals surface area (Å²) in [4.78, 5) is 29.9. The molecule has 98 valence electrons. The quantitative estimate of drug-likeness (QED) is 0.790. The fraction of sp³-hybridized carbons (Fsp3) is 0.538. The molecule has 1 saturated heterocycles. The molecule has 1 aromatic heterocycles. The number of H-pyrrole nitrogens is 1. The molecule has 18 heavy (non-hydrogen) atoms. The first-order chi connectivity index (χ1) is 8.49. The molecule has 0 spiro atoms. The number of pyridine rings is 1. The minimum Gasteiger partial charge on any atom is -0.335 e. The number of rotatable bonds is 1. The molecule has 0 saturated carbocycles. The number of hydrogen-bond acceptors (Lipinski definition) is 3. The summed E-state index contributed by atoms with van der Waals surface area (Å²) < 4.78 is 0. The maximum atomic E-state index is 12.3. The second-order valence-electron chi connectivity index (χ2n) is 5.02. The number of nitrogens with zero attached hydrogens (tertiary/aromatic N) is 2. The van der Waals surface area contributed by atoms with E-state index in [0.29, 0.717) is 17.6 Å². The molecule has 1 fully saturated rings. The molecule has 1 aromatic rings. The van der Waals surface area contributed by atoms with Gasteiger partial charge in [0.2, 0.25) is 5.56 Å². The lowest BCUT2D eigenvalue weighted by Crippen LogP contribution is -2.56. The van der Waals surface area contributed by atoms with Crippen LogP contribution in [0.25, 0.3) is 0 Å². The van der Waals surface area contributed by atoms with Crippen LogP contribution >= 0.6 is 0 Å². The minimum absolute atomic E-state index is 0.0157. The number of piperazine rings is 1. The Morgan fingerprint density at radius 3 is 2.39 bits per heavy atom. The Labute approximate surface area is 106 Å². The third-order valence-electron chi connectivity index (χ3n) is 3.68. The number of aromatic nitrogens is 1. The molecule has 0 aromatic carbocycles. The number of carbonyl (C=O) groups excluding carboxylic acids is 1. The van der Waals surface area contributed by atoms with Crippen LogP contribution in [0.4, 0.5) is 0 Å². The van der Waals surface area contributed by atoms with E-state index in [1.54, 1.807) is 6.07 Å². The molecule has 2 rings (SSSR count). The van der Waals surface area contributed by atoms with Gasteiger partial charge in [-0.05, 0) is 27.0 Å². The van der Waals surface area contributed by atoms with Crippen molar-refractivity contribution in [1.82, 2.24) is 14.8 Å². The summed E-state index contributed by atoms with van der Waals surface area (Å²) in [5.41, 5.74) is 0.352. The highest BCUT2D eigenvalue weighted by Gasteiger charge is 2.29. The normalized spacial score (nSPS) is 25.2. The van der Waals surface area contributed by atoms with Crippen LogP contribution in [0.5, 0.6) is 0 Å². The Morgan fingerprint density at radius 1 is 1.28 bits per heavy atom. The standard InChI is InChI=1S/C13H19N3O2/c1-9-7-16(8-10(2)15(9)3)13(18)11-4-5-12(17)14-6-11/h4-6,9-10H,7-8H2,1-3H3,(H,14,17). The van der Waals surface area contributed by atoms with Crippen molar-refractivity contribution in [2.45, 2.75) is 25.9 Å². The van der Waals surface area contributed by atoms with Crippen molar-refractivity contribution in [3.63, 3.8) is 0 Å². The van der Waals surface area contributed by atoms with E-state index < -0.39 is 0 Å². The second kappa shape index (κ2) is 4.94. The fourth-order valence-electron chi connectivity index (χ4n) is 2.30. The average Bonchev–Trinajstić information content (AvgIpc) is 2.35. The van der Waals surface area contributed by atoms with Crippen LogP contribution in [0.1, 0.15) is 24.2 Å². The van der Waals surface area contributed by atoms with E-state index in [4.69, 9.17) is 0 Å². The van der Waals surface area contributed by atoms with Gasteiger partial charge in [-0.15, -0.1) is 0 Å². The van der Waals surface area contributed by atoms with Gasteiger partial charge in [-0.2, -0.15) is 0 Å². The predicted octanol–water partition coefficient (Wildman–Crippen LogP) is 0.540. The average molecular weight is 249 g/mol. The zero-order valence-corrected chi connectivity index (χ0v) is 11.0. The van der Waals surface area contributed by atoms with Crippen LogP contribution in [-0.4, -0.2) is 52.9 Å². The summed E-state index contributed by atoms with van der Waals surface area (Å²) >= 11 is 0. The van der Waals surface area contributed by atoms with E-state index in [1.165, 1.54) is 12.3 Å². The Kier molecular flexibility index (Phi) is 3.52. The van der Waals surface area contributed by atoms with Crippen molar-refractivity contribution < 1.29 is 4.79 Å². The van der Waals surface area contributed by atoms with Crippen molar-refractivity contribution >= 4 is 5.91 Å². The third-order valence-corrected chi connectivity index (χ3v) is 3.68. The number of carbonyl (C=O) groups is 1. The lowest BCUT2D eigenvalue weighted by molar-refractivity contribution is 0.0414. The summed E-state index contributed by atoms with van der Waals surface area (Å²) in [6.45, 7) is 5.67. The fourth-order valence-corrected chi connectivity index (χ4v) is 2.30. The van der Waals surface area contributed by atoms with Gasteiger partial charge in [0.1, 0.15) is 0 Å². The summed E-state index contributed by atoms with van der Waals surface area (Å²) in [6.07, 6.45) is 1.48. The first-order valence-corrected chi connectivity index (χ1v) is 6.19. The van der Waals surface area contributed by atoms with Crippen LogP contribution in [-0.2, 0) is 0 Å². The number of likely N-dealkylation sites (N-methyl/N-ethyl adjacent to an activating group) is 1. The molecule has 0 aliphatic carbocycles. The Morgan fingerprint density at radius 2 is 1.89 bits per heavy atom. The molecular weight excluding hydrogens is 230 g/mol. The first-order valence-electron chi connectivity index (χ1n) is 6.19. The SMILES string of the molecule is CC1CN(C(=O)c2ccc(=O)[nH]c2)CC(C)N1C. The van der Waals surface area contributed by atoms with Crippen molar-refractivity contribution in [3.05, 3.63) is 34.2 Å². The Hall–Kier alpha value is -1.62. The van der Waals surface area contributed by atoms with Crippen LogP contribution in [0.3, 0.4) is 0 Å². The van der Waals surface area contributed by atoms with Gasteiger partial charge < -0.3 is 9.88 Å². The molecule has 1 N–H and O–H groups in total. The largest absolute Gasteiger partial charge is 0.335 e. The molecular formula is C13H19N3O2. The molecule has 2 unspecified atom stereocenters. The van der Waals surface area contributed by atoms with Gasteiger partial charge in [-0.1, -0.05) is 0 Å². The van der Waals surface area contributed by atoms with Crippen molar-refractivity contribution in [2.24, 2.45) is 0 Å². The van der Waals surface area contributed by atoms with Gasteiger partial charge in [0, 0.05) is 37.4 Å². The third kappa shape index (κ3) is 2.46. The monoisotopic (exact) mass is 249 g/mol. The number of aromatic amines is 1. The van der Waals surface area contributed by atoms with Crippen LogP contribution in [0, 0.1) is 0 Å². The molecule has 1 amide bonds. The molecule has 1 aliphatic heterocycles. The number of nitrogens with one attached hydrogen (secondary N) is 1. The second-order valence-corrected chi connectivity index (χ2v) is 5.02. The van der Waals surface area contributed by atoms with Crippen molar-refractivity contribution in [1.29, 1.82) is 0 Å². The number of hydrogen-bond donors (Lipinski definition) is 1. The molecule has 1 aliphatic rings. The van der Waals surface area contributed by atoms with Crippen LogP contribution in [0.2, 0.25) is 0 Å². The highest BCUT2D eigenvalue weighted by atomic mass is 16.2. The van der Waals surface area contributed by atoms with Crippen molar-refractivity contribution in [2.75, 3.05) is 20.1 Å². The minimum atomic E-state index is -0.188. The molecule has 2 atom stereocenters. The van der Waals surface area contributed by atoms with Gasteiger partial charge in [0.05, 0.1) is 5.56 Å². The van der Waals surface area contributed by atoms with Crippen molar-refractivity contribution in [3.8, 4) is 0 Å². The smallest absolute Gasteiger partial charge is 0.255 e. The molecule has 2 heterocycles. The molecule has 5 heteroatoms. The van der Waals surface area contributed by atoms with Gasteiger partial charge in [0.15, 0.2) is 0 Å². The lowest BCUT2D eigenvalue weighted by atomic mass is 10.1. The predicted molar refractivity (Wildman–Crippen MR) is 69.7 cm³/mol. The molecule has 0 radical (unpaired) electrons. The maximum Gasteiger partial charge on any atom is 0.255 e. The Balaban J connectivity index is 2.14. The summed E-state index contributed by atoms with van der Waals surface area (Å²) in [5, 5.41) is 0. The summed E-state index contributed by atoms with van der Waals surface area (Å²) in [7, 11) is 2.08. The zero-order chi connectivity index (χ0) is 13.3. The van der Waals surface area contributed by atoms with E-state index >= 15 is 0 Å². The maximum absolute atomic E-state index is 12.3. The first kappa shape index (κ1) is 12.8. The topological polar surface area (TPSA) is 56.4 Å². The highest BCUT2D eigenvalue weighted by Crippen LogP contribution is 2.15. The van der Waals surface area contributed by atoms with Crippen LogP contribution in [0.15, 0.2) is 23.1 Å². The van der Waals surface area contributed by atoms with Gasteiger partial charge in [-0.3, -0.25) is 14.5 Å². The van der Waals surface area contributed by atoms with E-state index in [0.717, 1.165) is 13.1 Å². The van der Waals surface area contributed by atoms with E-state index in [-0.39, 0.29) is 11.5 Å². The zero-order valence-electron chi connectivity index (χ0n) is 11.0. The summed E-state index contributed by atoms with van der Waals surface area (Å²) in [6, 6.07) is 3.66. The van der Waals surface area contributed by atoms with E-state index in [2.05, 4.69) is 30.8 Å². The number of amides is 1. The van der Waals surface area contributed by atoms with Gasteiger partial charge in [0.25, 0.3) is 5.91 Å². The highest BCUT2D eigenvalue weighted by molar-refractivity contribution is 5.94. The molecule has 0 bridgehead atoms. The molecule has 5 nitrogen and oxygen atoms in total. The van der Waals surface area contributed by atoms with E-state index in [9.17, 15) is 9.59 Å². The van der Waals surface area contributed by atoms with Gasteiger partial charge >= 0.3 is 0 Å². The van der Waals surface area contributed by atoms with E-state index in [1.807, 2.05) is 4.90 Å². The Bertz CT molecular complexity index is 465. The van der Waals surface area contributed by atoms with Crippen LogP contribution < -0.4 is 5.56 Å². The van der Waals surface area contributed by atoms with Gasteiger partial charge in [-0.25, -0.2) is 0 Å². The summed E-state index contributed by atoms with van der Waals surface area (Å²) in [5.74, 6) is -0.0157. The lowest BCUT2D eigenvalue weighted by Gasteiger charge is -2.42.